The number of anilines is 3. The number of hydrogen-bond donors (Lipinski definition) is 4. The molecule has 0 fully saturated rings. The number of nitrogens with zero attached hydrogens (tertiary/aromatic N) is 2. The van der Waals surface area contributed by atoms with Crippen molar-refractivity contribution < 1.29 is 8.42 Å². The summed E-state index contributed by atoms with van der Waals surface area (Å²) in [4.78, 5) is 26.0. The number of aromatic nitrogens is 4. The molecule has 0 spiro atoms. The van der Waals surface area contributed by atoms with E-state index in [1.807, 2.05) is 6.07 Å². The molecule has 0 saturated carbocycles. The minimum atomic E-state index is -3.87. The molecule has 0 aliphatic rings. The number of nitrogens with one attached hydrogen (secondary N) is 4. The summed E-state index contributed by atoms with van der Waals surface area (Å²) in [6, 6.07) is 20.4. The zero-order valence-corrected chi connectivity index (χ0v) is 16.8. The molecule has 0 unspecified atom stereocenters. The number of hydrogen-bond acceptors (Lipinski definition) is 6. The second kappa shape index (κ2) is 7.26. The van der Waals surface area contributed by atoms with Gasteiger partial charge in [0, 0.05) is 5.69 Å². The van der Waals surface area contributed by atoms with Gasteiger partial charge in [0.25, 0.3) is 10.0 Å². The van der Waals surface area contributed by atoms with Crippen molar-refractivity contribution in [3.05, 3.63) is 83.3 Å². The predicted molar refractivity (Wildman–Crippen MR) is 119 cm³/mol. The second-order valence-electron chi connectivity index (χ2n) is 6.79. The van der Waals surface area contributed by atoms with Gasteiger partial charge in [0.15, 0.2) is 11.6 Å². The van der Waals surface area contributed by atoms with Crippen molar-refractivity contribution in [1.29, 1.82) is 0 Å². The monoisotopic (exact) mass is 432 g/mol. The molecule has 5 rings (SSSR count). The maximum absolute atomic E-state index is 12.9. The van der Waals surface area contributed by atoms with Crippen LogP contribution in [-0.2, 0) is 10.0 Å². The molecule has 4 N–H and O–H groups in total. The van der Waals surface area contributed by atoms with Crippen molar-refractivity contribution in [1.82, 2.24) is 19.9 Å². The van der Waals surface area contributed by atoms with Gasteiger partial charge in [0.2, 0.25) is 0 Å². The van der Waals surface area contributed by atoms with E-state index in [4.69, 9.17) is 0 Å². The smallest absolute Gasteiger partial charge is 0.323 e. The van der Waals surface area contributed by atoms with Crippen molar-refractivity contribution >= 4 is 49.4 Å². The van der Waals surface area contributed by atoms with Gasteiger partial charge in [-0.15, -0.1) is 0 Å². The molecule has 0 amide bonds. The third kappa shape index (κ3) is 3.71. The van der Waals surface area contributed by atoms with E-state index in [-0.39, 0.29) is 22.2 Å². The van der Waals surface area contributed by atoms with Crippen LogP contribution in [-0.4, -0.2) is 28.4 Å². The molecule has 31 heavy (non-hydrogen) atoms. The SMILES string of the molecule is O=c1[nH]c2ccc(Nc3nc4ccccc4nc3NS(=O)(=O)c3ccccc3)cc2[nH]1. The molecule has 0 aliphatic heterocycles. The lowest BCUT2D eigenvalue weighted by Crippen LogP contribution is -2.16. The van der Waals surface area contributed by atoms with E-state index in [0.717, 1.165) is 0 Å². The summed E-state index contributed by atoms with van der Waals surface area (Å²) < 4.78 is 28.3. The summed E-state index contributed by atoms with van der Waals surface area (Å²) in [5.41, 5.74) is 2.70. The molecule has 154 valence electrons. The van der Waals surface area contributed by atoms with Crippen LogP contribution in [0.1, 0.15) is 0 Å². The van der Waals surface area contributed by atoms with Gasteiger partial charge in [0.05, 0.1) is 27.0 Å². The topological polar surface area (TPSA) is 133 Å². The highest BCUT2D eigenvalue weighted by Crippen LogP contribution is 2.27. The van der Waals surface area contributed by atoms with Gasteiger partial charge in [-0.1, -0.05) is 30.3 Å². The van der Waals surface area contributed by atoms with Gasteiger partial charge in [0.1, 0.15) is 0 Å². The molecule has 0 atom stereocenters. The van der Waals surface area contributed by atoms with Crippen LogP contribution in [0, 0.1) is 0 Å². The Morgan fingerprint density at radius 1 is 0.742 bits per heavy atom. The molecular formula is C21H16N6O3S. The van der Waals surface area contributed by atoms with Crippen LogP contribution >= 0.6 is 0 Å². The van der Waals surface area contributed by atoms with E-state index in [1.54, 1.807) is 54.6 Å². The molecule has 0 saturated heterocycles. The molecule has 3 aromatic carbocycles. The molecular weight excluding hydrogens is 416 g/mol. The number of imidazole rings is 1. The summed E-state index contributed by atoms with van der Waals surface area (Å²) in [5.74, 6) is 0.292. The number of sulfonamides is 1. The van der Waals surface area contributed by atoms with Crippen molar-refractivity contribution in [2.24, 2.45) is 0 Å². The number of benzene rings is 3. The molecule has 0 bridgehead atoms. The van der Waals surface area contributed by atoms with Crippen LogP contribution in [0.15, 0.2) is 82.5 Å². The maximum atomic E-state index is 12.9. The molecule has 2 aromatic heterocycles. The number of fused-ring (bicyclic) bond motifs is 2. The fourth-order valence-corrected chi connectivity index (χ4v) is 4.22. The first-order chi connectivity index (χ1) is 15.0. The van der Waals surface area contributed by atoms with Crippen molar-refractivity contribution in [2.45, 2.75) is 4.90 Å². The number of aromatic amines is 2. The lowest BCUT2D eigenvalue weighted by atomic mass is 10.2. The van der Waals surface area contributed by atoms with Crippen LogP contribution in [0.3, 0.4) is 0 Å². The van der Waals surface area contributed by atoms with Gasteiger partial charge in [-0.05, 0) is 42.5 Å². The Balaban J connectivity index is 1.59. The summed E-state index contributed by atoms with van der Waals surface area (Å²) in [5, 5.41) is 3.10. The van der Waals surface area contributed by atoms with E-state index in [1.165, 1.54) is 12.1 Å². The highest BCUT2D eigenvalue weighted by Gasteiger charge is 2.19. The highest BCUT2D eigenvalue weighted by molar-refractivity contribution is 7.92. The molecule has 9 nitrogen and oxygen atoms in total. The second-order valence-corrected chi connectivity index (χ2v) is 8.47. The summed E-state index contributed by atoms with van der Waals surface area (Å²) in [6.45, 7) is 0. The zero-order valence-electron chi connectivity index (χ0n) is 16.0. The molecule has 10 heteroatoms. The molecule has 0 radical (unpaired) electrons. The van der Waals surface area contributed by atoms with E-state index in [0.29, 0.717) is 27.8 Å². The van der Waals surface area contributed by atoms with E-state index < -0.39 is 10.0 Å². The van der Waals surface area contributed by atoms with E-state index in [9.17, 15) is 13.2 Å². The van der Waals surface area contributed by atoms with Gasteiger partial charge < -0.3 is 15.3 Å². The normalized spacial score (nSPS) is 11.6. The first-order valence-electron chi connectivity index (χ1n) is 9.32. The van der Waals surface area contributed by atoms with E-state index >= 15 is 0 Å². The number of para-hydroxylation sites is 2. The zero-order chi connectivity index (χ0) is 21.4. The average Bonchev–Trinajstić information content (AvgIpc) is 3.14. The standard InChI is InChI=1S/C21H16N6O3S/c28-21-25-17-11-10-13(12-18(17)26-21)22-19-20(24-16-9-5-4-8-15(16)23-19)27-31(29,30)14-6-2-1-3-7-14/h1-12H,(H,22,23)(H,24,27)(H2,25,26,28). The Morgan fingerprint density at radius 2 is 1.39 bits per heavy atom. The largest absolute Gasteiger partial charge is 0.337 e. The van der Waals surface area contributed by atoms with Crippen molar-refractivity contribution in [3.63, 3.8) is 0 Å². The fourth-order valence-electron chi connectivity index (χ4n) is 3.19. The van der Waals surface area contributed by atoms with Gasteiger partial charge in [-0.3, -0.25) is 4.72 Å². The Morgan fingerprint density at radius 3 is 2.13 bits per heavy atom. The first-order valence-corrected chi connectivity index (χ1v) is 10.8. The lowest BCUT2D eigenvalue weighted by molar-refractivity contribution is 0.601. The van der Waals surface area contributed by atoms with Crippen LogP contribution < -0.4 is 15.7 Å². The minimum absolute atomic E-state index is 0.0604. The van der Waals surface area contributed by atoms with Crippen LogP contribution in [0.5, 0.6) is 0 Å². The minimum Gasteiger partial charge on any atom is -0.337 e. The third-order valence-electron chi connectivity index (χ3n) is 4.63. The first kappa shape index (κ1) is 18.8. The van der Waals surface area contributed by atoms with Crippen LogP contribution in [0.2, 0.25) is 0 Å². The number of rotatable bonds is 5. The molecule has 2 heterocycles. The summed E-state index contributed by atoms with van der Waals surface area (Å²) in [6.07, 6.45) is 0. The lowest BCUT2D eigenvalue weighted by Gasteiger charge is -2.14. The Bertz CT molecular complexity index is 1580. The van der Waals surface area contributed by atoms with E-state index in [2.05, 4.69) is 30.0 Å². The highest BCUT2D eigenvalue weighted by atomic mass is 32.2. The quantitative estimate of drug-likeness (QED) is 0.337. The fraction of sp³-hybridized carbons (Fsp3) is 0. The predicted octanol–water partition coefficient (Wildman–Crippen LogP) is 3.34. The van der Waals surface area contributed by atoms with Gasteiger partial charge in [-0.25, -0.2) is 23.2 Å². The van der Waals surface area contributed by atoms with Gasteiger partial charge in [-0.2, -0.15) is 0 Å². The summed E-state index contributed by atoms with van der Waals surface area (Å²) >= 11 is 0. The number of H-pyrrole nitrogens is 2. The van der Waals surface area contributed by atoms with Crippen molar-refractivity contribution in [3.8, 4) is 0 Å². The van der Waals surface area contributed by atoms with Crippen LogP contribution in [0.25, 0.3) is 22.1 Å². The Kier molecular flexibility index (Phi) is 4.41. The maximum Gasteiger partial charge on any atom is 0.323 e. The van der Waals surface area contributed by atoms with Crippen LogP contribution in [0.4, 0.5) is 17.3 Å². The summed E-state index contributed by atoms with van der Waals surface area (Å²) in [7, 11) is -3.87. The Labute approximate surface area is 176 Å². The third-order valence-corrected chi connectivity index (χ3v) is 5.99. The van der Waals surface area contributed by atoms with Crippen molar-refractivity contribution in [2.75, 3.05) is 10.0 Å². The average molecular weight is 432 g/mol. The molecule has 0 aliphatic carbocycles. The van der Waals surface area contributed by atoms with Gasteiger partial charge >= 0.3 is 5.69 Å². The Hall–Kier alpha value is -4.18. The molecule has 5 aromatic rings.